The summed E-state index contributed by atoms with van der Waals surface area (Å²) in [6.45, 7) is 4.09. The van der Waals surface area contributed by atoms with Crippen molar-refractivity contribution in [2.24, 2.45) is 0 Å². The molecule has 1 N–H and O–H groups in total. The maximum absolute atomic E-state index is 12.8. The topological polar surface area (TPSA) is 65.6 Å². The Morgan fingerprint density at radius 1 is 0.964 bits per heavy atom. The number of piperazine rings is 1. The van der Waals surface area contributed by atoms with Crippen molar-refractivity contribution in [3.8, 4) is 5.75 Å². The number of amides is 2. The lowest BCUT2D eigenvalue weighted by Crippen LogP contribution is -2.51. The minimum atomic E-state index is -0.0571. The summed E-state index contributed by atoms with van der Waals surface area (Å²) in [5, 5.41) is 1.02. The van der Waals surface area contributed by atoms with E-state index in [2.05, 4.69) is 4.98 Å². The predicted octanol–water partition coefficient (Wildman–Crippen LogP) is 2.84. The Morgan fingerprint density at radius 3 is 2.36 bits per heavy atom. The molecule has 6 nitrogen and oxygen atoms in total. The van der Waals surface area contributed by atoms with Gasteiger partial charge in [-0.2, -0.15) is 0 Å². The number of hydrogen-bond donors (Lipinski definition) is 1. The molecule has 2 aromatic carbocycles. The largest absolute Gasteiger partial charge is 0.484 e. The van der Waals surface area contributed by atoms with E-state index >= 15 is 0 Å². The molecule has 0 aliphatic carbocycles. The monoisotopic (exact) mass is 377 g/mol. The average molecular weight is 377 g/mol. The minimum absolute atomic E-state index is 0.0129. The second kappa shape index (κ2) is 7.76. The van der Waals surface area contributed by atoms with Gasteiger partial charge in [-0.05, 0) is 31.2 Å². The summed E-state index contributed by atoms with van der Waals surface area (Å²) < 4.78 is 5.58. The van der Waals surface area contributed by atoms with Gasteiger partial charge in [-0.3, -0.25) is 9.59 Å². The van der Waals surface area contributed by atoms with Crippen LogP contribution in [0.4, 0.5) is 0 Å². The number of fused-ring (bicyclic) bond motifs is 1. The number of H-pyrrole nitrogens is 1. The first-order valence-corrected chi connectivity index (χ1v) is 9.44. The van der Waals surface area contributed by atoms with Crippen LogP contribution in [-0.4, -0.2) is 59.4 Å². The molecule has 1 saturated heterocycles. The number of aryl methyl sites for hydroxylation is 1. The molecule has 0 spiro atoms. The van der Waals surface area contributed by atoms with Crippen molar-refractivity contribution in [2.75, 3.05) is 32.8 Å². The molecule has 4 rings (SSSR count). The number of rotatable bonds is 4. The van der Waals surface area contributed by atoms with Crippen molar-refractivity contribution < 1.29 is 14.3 Å². The van der Waals surface area contributed by atoms with Gasteiger partial charge in [0, 0.05) is 37.1 Å². The van der Waals surface area contributed by atoms with E-state index in [4.69, 9.17) is 4.74 Å². The van der Waals surface area contributed by atoms with E-state index < -0.39 is 0 Å². The van der Waals surface area contributed by atoms with Crippen LogP contribution in [0.25, 0.3) is 10.9 Å². The number of benzene rings is 2. The van der Waals surface area contributed by atoms with Crippen LogP contribution < -0.4 is 4.74 Å². The highest BCUT2D eigenvalue weighted by molar-refractivity contribution is 5.98. The van der Waals surface area contributed by atoms with Crippen LogP contribution >= 0.6 is 0 Å². The van der Waals surface area contributed by atoms with E-state index in [-0.39, 0.29) is 18.4 Å². The molecule has 1 aromatic heterocycles. The molecule has 0 atom stereocenters. The first kappa shape index (κ1) is 18.1. The van der Waals surface area contributed by atoms with Crippen molar-refractivity contribution in [3.05, 3.63) is 65.9 Å². The standard InChI is InChI=1S/C22H23N3O3/c1-16-6-8-18(9-7-16)28-15-21(26)24-10-12-25(13-11-24)22(27)20-14-17-4-2-3-5-19(17)23-20/h2-9,14,23H,10-13,15H2,1H3. The van der Waals surface area contributed by atoms with Crippen molar-refractivity contribution in [3.63, 3.8) is 0 Å². The van der Waals surface area contributed by atoms with Crippen molar-refractivity contribution in [1.82, 2.24) is 14.8 Å². The van der Waals surface area contributed by atoms with Gasteiger partial charge in [-0.15, -0.1) is 0 Å². The number of aromatic amines is 1. The summed E-state index contributed by atoms with van der Waals surface area (Å²) in [5.41, 5.74) is 2.69. The number of para-hydroxylation sites is 1. The number of aromatic nitrogens is 1. The van der Waals surface area contributed by atoms with Crippen LogP contribution in [0.5, 0.6) is 5.75 Å². The molecule has 2 amide bonds. The third-order valence-corrected chi connectivity index (χ3v) is 5.06. The number of nitrogens with one attached hydrogen (secondary N) is 1. The quantitative estimate of drug-likeness (QED) is 0.760. The van der Waals surface area contributed by atoms with Crippen LogP contribution in [0.15, 0.2) is 54.6 Å². The number of hydrogen-bond acceptors (Lipinski definition) is 3. The number of carbonyl (C=O) groups is 2. The Morgan fingerprint density at radius 2 is 1.64 bits per heavy atom. The maximum atomic E-state index is 12.8. The van der Waals surface area contributed by atoms with Crippen LogP contribution in [0.2, 0.25) is 0 Å². The van der Waals surface area contributed by atoms with Crippen molar-refractivity contribution in [2.45, 2.75) is 6.92 Å². The molecule has 2 heterocycles. The molecule has 1 aliphatic heterocycles. The van der Waals surface area contributed by atoms with Gasteiger partial charge < -0.3 is 19.5 Å². The fourth-order valence-electron chi connectivity index (χ4n) is 3.39. The Kier molecular flexibility index (Phi) is 5.02. The summed E-state index contributed by atoms with van der Waals surface area (Å²) in [5.74, 6) is 0.601. The molecular formula is C22H23N3O3. The molecule has 0 bridgehead atoms. The zero-order chi connectivity index (χ0) is 19.5. The molecule has 0 saturated carbocycles. The van der Waals surface area contributed by atoms with E-state index in [9.17, 15) is 9.59 Å². The minimum Gasteiger partial charge on any atom is -0.484 e. The van der Waals surface area contributed by atoms with Gasteiger partial charge in [0.1, 0.15) is 11.4 Å². The van der Waals surface area contributed by atoms with Gasteiger partial charge in [-0.25, -0.2) is 0 Å². The van der Waals surface area contributed by atoms with E-state index in [1.165, 1.54) is 0 Å². The van der Waals surface area contributed by atoms with Gasteiger partial charge in [0.2, 0.25) is 0 Å². The van der Waals surface area contributed by atoms with Gasteiger partial charge in [0.25, 0.3) is 11.8 Å². The van der Waals surface area contributed by atoms with Crippen molar-refractivity contribution >= 4 is 22.7 Å². The van der Waals surface area contributed by atoms with E-state index in [1.54, 1.807) is 9.80 Å². The predicted molar refractivity (Wildman–Crippen MR) is 107 cm³/mol. The highest BCUT2D eigenvalue weighted by Gasteiger charge is 2.25. The lowest BCUT2D eigenvalue weighted by molar-refractivity contribution is -0.134. The van der Waals surface area contributed by atoms with Gasteiger partial charge in [-0.1, -0.05) is 35.9 Å². The highest BCUT2D eigenvalue weighted by atomic mass is 16.5. The van der Waals surface area contributed by atoms with Gasteiger partial charge in [0.15, 0.2) is 6.61 Å². The zero-order valence-corrected chi connectivity index (χ0v) is 15.9. The zero-order valence-electron chi connectivity index (χ0n) is 15.9. The maximum Gasteiger partial charge on any atom is 0.270 e. The van der Waals surface area contributed by atoms with E-state index in [0.29, 0.717) is 37.6 Å². The number of ether oxygens (including phenoxy) is 1. The third-order valence-electron chi connectivity index (χ3n) is 5.06. The lowest BCUT2D eigenvalue weighted by atomic mass is 10.2. The molecule has 28 heavy (non-hydrogen) atoms. The average Bonchev–Trinajstić information content (AvgIpc) is 3.17. The first-order valence-electron chi connectivity index (χ1n) is 9.44. The summed E-state index contributed by atoms with van der Waals surface area (Å²) in [7, 11) is 0. The number of carbonyl (C=O) groups excluding carboxylic acids is 2. The van der Waals surface area contributed by atoms with Crippen molar-refractivity contribution in [1.29, 1.82) is 0 Å². The molecule has 144 valence electrons. The van der Waals surface area contributed by atoms with Crippen LogP contribution in [0, 0.1) is 6.92 Å². The van der Waals surface area contributed by atoms with E-state index in [0.717, 1.165) is 16.5 Å². The van der Waals surface area contributed by atoms with Crippen LogP contribution in [0.3, 0.4) is 0 Å². The molecule has 1 fully saturated rings. The SMILES string of the molecule is Cc1ccc(OCC(=O)N2CCN(C(=O)c3cc4ccccc4[nH]3)CC2)cc1. The second-order valence-electron chi connectivity index (χ2n) is 7.04. The summed E-state index contributed by atoms with van der Waals surface area (Å²) in [4.78, 5) is 31.9. The molecular weight excluding hydrogens is 354 g/mol. The molecule has 3 aromatic rings. The summed E-state index contributed by atoms with van der Waals surface area (Å²) in [6.07, 6.45) is 0. The second-order valence-corrected chi connectivity index (χ2v) is 7.04. The van der Waals surface area contributed by atoms with Gasteiger partial charge in [0.05, 0.1) is 0 Å². The van der Waals surface area contributed by atoms with E-state index in [1.807, 2.05) is 61.5 Å². The van der Waals surface area contributed by atoms with Crippen LogP contribution in [-0.2, 0) is 4.79 Å². The molecule has 1 aliphatic rings. The van der Waals surface area contributed by atoms with Crippen LogP contribution in [0.1, 0.15) is 16.1 Å². The molecule has 0 radical (unpaired) electrons. The number of nitrogens with zero attached hydrogens (tertiary/aromatic N) is 2. The Labute approximate surface area is 163 Å². The highest BCUT2D eigenvalue weighted by Crippen LogP contribution is 2.17. The molecule has 6 heteroatoms. The fourth-order valence-corrected chi connectivity index (χ4v) is 3.39. The fraction of sp³-hybridized carbons (Fsp3) is 0.273. The van der Waals surface area contributed by atoms with Gasteiger partial charge >= 0.3 is 0 Å². The summed E-state index contributed by atoms with van der Waals surface area (Å²) >= 11 is 0. The first-order chi connectivity index (χ1) is 13.6. The Bertz CT molecular complexity index is 953. The summed E-state index contributed by atoms with van der Waals surface area (Å²) in [6, 6.07) is 17.3. The Balaban J connectivity index is 1.30. The molecule has 0 unspecified atom stereocenters. The Hall–Kier alpha value is -3.28. The lowest BCUT2D eigenvalue weighted by Gasteiger charge is -2.34. The smallest absolute Gasteiger partial charge is 0.270 e. The third kappa shape index (κ3) is 3.86. The normalized spacial score (nSPS) is 14.3.